The van der Waals surface area contributed by atoms with E-state index in [9.17, 15) is 4.79 Å². The van der Waals surface area contributed by atoms with Crippen molar-refractivity contribution in [2.45, 2.75) is 48.5 Å². The standard InChI is InChI=1S/C19H30N4OS/c1-11(2)9-23(10-12(3)4)16(24)8-20-18-17-13(5)14(6)25-19(17)22-15(7)21-18/h11-12H,8-10H2,1-7H3,(H,20,21,22). The van der Waals surface area contributed by atoms with Gasteiger partial charge in [0, 0.05) is 18.0 Å². The van der Waals surface area contributed by atoms with Gasteiger partial charge < -0.3 is 10.2 Å². The molecule has 0 aliphatic carbocycles. The van der Waals surface area contributed by atoms with Crippen molar-refractivity contribution in [3.05, 3.63) is 16.3 Å². The van der Waals surface area contributed by atoms with E-state index in [0.29, 0.717) is 11.8 Å². The van der Waals surface area contributed by atoms with Crippen LogP contribution in [0.4, 0.5) is 5.82 Å². The van der Waals surface area contributed by atoms with Crippen molar-refractivity contribution in [3.63, 3.8) is 0 Å². The third-order valence-electron chi connectivity index (χ3n) is 4.07. The minimum Gasteiger partial charge on any atom is -0.360 e. The summed E-state index contributed by atoms with van der Waals surface area (Å²) in [6.45, 7) is 16.5. The lowest BCUT2D eigenvalue weighted by atomic mass is 10.1. The Hall–Kier alpha value is -1.69. The fraction of sp³-hybridized carbons (Fsp3) is 0.632. The maximum absolute atomic E-state index is 12.7. The van der Waals surface area contributed by atoms with E-state index in [0.717, 1.165) is 34.9 Å². The highest BCUT2D eigenvalue weighted by molar-refractivity contribution is 7.18. The second-order valence-corrected chi connectivity index (χ2v) is 8.73. The summed E-state index contributed by atoms with van der Waals surface area (Å²) in [6.07, 6.45) is 0. The summed E-state index contributed by atoms with van der Waals surface area (Å²) in [7, 11) is 0. The number of nitrogens with zero attached hydrogens (tertiary/aromatic N) is 3. The molecular weight excluding hydrogens is 332 g/mol. The van der Waals surface area contributed by atoms with Crippen molar-refractivity contribution in [1.29, 1.82) is 0 Å². The number of aromatic nitrogens is 2. The molecule has 2 rings (SSSR count). The maximum atomic E-state index is 12.7. The molecule has 0 aromatic carbocycles. The maximum Gasteiger partial charge on any atom is 0.241 e. The molecule has 0 spiro atoms. The van der Waals surface area contributed by atoms with Crippen LogP contribution in [0.5, 0.6) is 0 Å². The molecule has 5 nitrogen and oxygen atoms in total. The van der Waals surface area contributed by atoms with Gasteiger partial charge in [0.1, 0.15) is 16.5 Å². The van der Waals surface area contributed by atoms with Gasteiger partial charge in [0.15, 0.2) is 0 Å². The summed E-state index contributed by atoms with van der Waals surface area (Å²) in [6, 6.07) is 0. The highest BCUT2D eigenvalue weighted by Gasteiger charge is 2.18. The number of rotatable bonds is 7. The number of thiophene rings is 1. The topological polar surface area (TPSA) is 58.1 Å². The quantitative estimate of drug-likeness (QED) is 0.803. The van der Waals surface area contributed by atoms with Gasteiger partial charge in [-0.05, 0) is 38.2 Å². The van der Waals surface area contributed by atoms with Crippen LogP contribution in [0, 0.1) is 32.6 Å². The first kappa shape index (κ1) is 19.6. The van der Waals surface area contributed by atoms with Crippen LogP contribution >= 0.6 is 11.3 Å². The van der Waals surface area contributed by atoms with E-state index in [4.69, 9.17) is 0 Å². The molecule has 138 valence electrons. The Morgan fingerprint density at radius 2 is 1.68 bits per heavy atom. The minimum absolute atomic E-state index is 0.122. The Morgan fingerprint density at radius 3 is 2.24 bits per heavy atom. The second-order valence-electron chi connectivity index (χ2n) is 7.52. The summed E-state index contributed by atoms with van der Waals surface area (Å²) >= 11 is 1.68. The predicted molar refractivity (Wildman–Crippen MR) is 106 cm³/mol. The van der Waals surface area contributed by atoms with Gasteiger partial charge in [-0.15, -0.1) is 11.3 Å². The molecule has 0 unspecified atom stereocenters. The SMILES string of the molecule is Cc1nc(NCC(=O)N(CC(C)C)CC(C)C)c2c(C)c(C)sc2n1. The lowest BCUT2D eigenvalue weighted by molar-refractivity contribution is -0.130. The van der Waals surface area contributed by atoms with Crippen LogP contribution in [0.15, 0.2) is 0 Å². The summed E-state index contributed by atoms with van der Waals surface area (Å²) in [5.41, 5.74) is 1.19. The molecule has 0 saturated carbocycles. The Kier molecular flexibility index (Phi) is 6.38. The molecule has 0 aliphatic rings. The minimum atomic E-state index is 0.122. The van der Waals surface area contributed by atoms with Crippen LogP contribution < -0.4 is 5.32 Å². The monoisotopic (exact) mass is 362 g/mol. The van der Waals surface area contributed by atoms with Crippen LogP contribution in [0.25, 0.3) is 10.2 Å². The zero-order chi connectivity index (χ0) is 18.7. The third kappa shape index (κ3) is 4.91. The van der Waals surface area contributed by atoms with Crippen molar-refractivity contribution in [2.24, 2.45) is 11.8 Å². The Labute approximate surface area is 154 Å². The smallest absolute Gasteiger partial charge is 0.241 e. The molecular formula is C19H30N4OS. The van der Waals surface area contributed by atoms with Crippen LogP contribution in [-0.2, 0) is 4.79 Å². The number of hydrogen-bond acceptors (Lipinski definition) is 5. The molecule has 2 aromatic rings. The summed E-state index contributed by atoms with van der Waals surface area (Å²) in [4.78, 5) is 26.0. The molecule has 25 heavy (non-hydrogen) atoms. The number of carbonyl (C=O) groups is 1. The number of hydrogen-bond donors (Lipinski definition) is 1. The first-order valence-electron chi connectivity index (χ1n) is 8.95. The Balaban J connectivity index is 2.19. The van der Waals surface area contributed by atoms with Crippen molar-refractivity contribution in [2.75, 3.05) is 25.0 Å². The number of nitrogens with one attached hydrogen (secondary N) is 1. The zero-order valence-electron chi connectivity index (χ0n) is 16.4. The molecule has 6 heteroatoms. The van der Waals surface area contributed by atoms with E-state index in [1.807, 2.05) is 11.8 Å². The van der Waals surface area contributed by atoms with Crippen molar-refractivity contribution in [1.82, 2.24) is 14.9 Å². The van der Waals surface area contributed by atoms with Gasteiger partial charge >= 0.3 is 0 Å². The number of fused-ring (bicyclic) bond motifs is 1. The van der Waals surface area contributed by atoms with Gasteiger partial charge in [-0.25, -0.2) is 9.97 Å². The number of aryl methyl sites for hydroxylation is 3. The number of amides is 1. The fourth-order valence-corrected chi connectivity index (χ4v) is 3.99. The molecule has 0 aliphatic heterocycles. The molecule has 1 amide bonds. The second kappa shape index (κ2) is 8.13. The molecule has 2 heterocycles. The van der Waals surface area contributed by atoms with Crippen molar-refractivity contribution >= 4 is 33.3 Å². The lowest BCUT2D eigenvalue weighted by Gasteiger charge is -2.26. The fourth-order valence-electron chi connectivity index (χ4n) is 2.92. The van der Waals surface area contributed by atoms with Gasteiger partial charge in [-0.2, -0.15) is 0 Å². The Bertz CT molecular complexity index is 741. The number of carbonyl (C=O) groups excluding carboxylic acids is 1. The van der Waals surface area contributed by atoms with E-state index >= 15 is 0 Å². The lowest BCUT2D eigenvalue weighted by Crippen LogP contribution is -2.40. The van der Waals surface area contributed by atoms with Crippen LogP contribution in [0.3, 0.4) is 0 Å². The van der Waals surface area contributed by atoms with E-state index in [-0.39, 0.29) is 12.5 Å². The zero-order valence-corrected chi connectivity index (χ0v) is 17.3. The highest BCUT2D eigenvalue weighted by Crippen LogP contribution is 2.33. The molecule has 0 bridgehead atoms. The molecule has 0 fully saturated rings. The van der Waals surface area contributed by atoms with Crippen LogP contribution in [0.1, 0.15) is 44.0 Å². The molecule has 1 N–H and O–H groups in total. The van der Waals surface area contributed by atoms with Crippen LogP contribution in [0.2, 0.25) is 0 Å². The largest absolute Gasteiger partial charge is 0.360 e. The van der Waals surface area contributed by atoms with E-state index in [1.165, 1.54) is 10.4 Å². The predicted octanol–water partition coefficient (Wildman–Crippen LogP) is 4.17. The molecule has 0 radical (unpaired) electrons. The van der Waals surface area contributed by atoms with Gasteiger partial charge in [0.2, 0.25) is 5.91 Å². The van der Waals surface area contributed by atoms with Crippen molar-refractivity contribution in [3.8, 4) is 0 Å². The van der Waals surface area contributed by atoms with Gasteiger partial charge in [-0.3, -0.25) is 4.79 Å². The normalized spacial score (nSPS) is 11.6. The summed E-state index contributed by atoms with van der Waals surface area (Å²) < 4.78 is 0. The first-order valence-corrected chi connectivity index (χ1v) is 9.76. The molecule has 0 atom stereocenters. The van der Waals surface area contributed by atoms with Gasteiger partial charge in [0.05, 0.1) is 11.9 Å². The summed E-state index contributed by atoms with van der Waals surface area (Å²) in [5.74, 6) is 2.53. The highest BCUT2D eigenvalue weighted by atomic mass is 32.1. The molecule has 2 aromatic heterocycles. The average Bonchev–Trinajstić information content (AvgIpc) is 2.77. The van der Waals surface area contributed by atoms with Gasteiger partial charge in [-0.1, -0.05) is 27.7 Å². The van der Waals surface area contributed by atoms with Crippen LogP contribution in [-0.4, -0.2) is 40.4 Å². The van der Waals surface area contributed by atoms with Gasteiger partial charge in [0.25, 0.3) is 0 Å². The van der Waals surface area contributed by atoms with E-state index in [2.05, 4.69) is 56.8 Å². The average molecular weight is 363 g/mol. The summed E-state index contributed by atoms with van der Waals surface area (Å²) in [5, 5.41) is 4.32. The van der Waals surface area contributed by atoms with E-state index in [1.54, 1.807) is 11.3 Å². The van der Waals surface area contributed by atoms with Crippen molar-refractivity contribution < 1.29 is 4.79 Å². The number of anilines is 1. The molecule has 0 saturated heterocycles. The van der Waals surface area contributed by atoms with E-state index < -0.39 is 0 Å². The first-order chi connectivity index (χ1) is 11.7. The Morgan fingerprint density at radius 1 is 1.08 bits per heavy atom. The third-order valence-corrected chi connectivity index (χ3v) is 5.17.